The predicted molar refractivity (Wildman–Crippen MR) is 96.3 cm³/mol. The van der Waals surface area contributed by atoms with E-state index in [2.05, 4.69) is 15.6 Å². The molecule has 3 rings (SSSR count). The monoisotopic (exact) mass is 374 g/mol. The van der Waals surface area contributed by atoms with Crippen LogP contribution >= 0.6 is 11.3 Å². The first kappa shape index (κ1) is 17.9. The first-order valence-corrected chi connectivity index (χ1v) is 8.80. The van der Waals surface area contributed by atoms with Gasteiger partial charge in [0.15, 0.2) is 5.13 Å². The summed E-state index contributed by atoms with van der Waals surface area (Å²) in [6.07, 6.45) is 1.34. The minimum Gasteiger partial charge on any atom is -0.497 e. The van der Waals surface area contributed by atoms with Crippen LogP contribution in [0.25, 0.3) is 0 Å². The lowest BCUT2D eigenvalue weighted by Crippen LogP contribution is -2.36. The van der Waals surface area contributed by atoms with Gasteiger partial charge in [0, 0.05) is 10.4 Å². The van der Waals surface area contributed by atoms with Crippen molar-refractivity contribution in [1.29, 1.82) is 0 Å². The molecule has 1 aliphatic carbocycles. The summed E-state index contributed by atoms with van der Waals surface area (Å²) in [4.78, 5) is 40.7. The van der Waals surface area contributed by atoms with E-state index in [1.807, 2.05) is 0 Å². The van der Waals surface area contributed by atoms with Gasteiger partial charge in [0.2, 0.25) is 11.8 Å². The van der Waals surface area contributed by atoms with Crippen molar-refractivity contribution >= 4 is 34.2 Å². The Hall–Kier alpha value is -2.94. The van der Waals surface area contributed by atoms with Gasteiger partial charge in [-0.05, 0) is 37.1 Å². The Morgan fingerprint density at radius 2 is 2.04 bits per heavy atom. The minimum atomic E-state index is -0.595. The molecular weight excluding hydrogens is 356 g/mol. The fraction of sp³-hybridized carbons (Fsp3) is 0.294. The Bertz CT molecular complexity index is 847. The van der Waals surface area contributed by atoms with Crippen molar-refractivity contribution in [2.24, 2.45) is 5.73 Å². The number of fused-ring (bicyclic) bond motifs is 1. The van der Waals surface area contributed by atoms with Gasteiger partial charge in [-0.25, -0.2) is 4.98 Å². The van der Waals surface area contributed by atoms with Crippen LogP contribution < -0.4 is 21.1 Å². The Morgan fingerprint density at radius 3 is 2.69 bits per heavy atom. The molecule has 26 heavy (non-hydrogen) atoms. The van der Waals surface area contributed by atoms with E-state index in [0.29, 0.717) is 35.0 Å². The third kappa shape index (κ3) is 3.83. The van der Waals surface area contributed by atoms with Gasteiger partial charge in [0.05, 0.1) is 25.3 Å². The summed E-state index contributed by atoms with van der Waals surface area (Å²) in [6, 6.07) is 6.73. The zero-order chi connectivity index (χ0) is 18.7. The second kappa shape index (κ2) is 7.52. The minimum absolute atomic E-state index is 0.199. The van der Waals surface area contributed by atoms with Crippen LogP contribution in [-0.4, -0.2) is 36.4 Å². The molecule has 1 aromatic heterocycles. The lowest BCUT2D eigenvalue weighted by atomic mass is 10.1. The molecule has 0 saturated heterocycles. The van der Waals surface area contributed by atoms with E-state index < -0.39 is 11.8 Å². The van der Waals surface area contributed by atoms with Crippen LogP contribution in [0, 0.1) is 0 Å². The number of rotatable bonds is 6. The van der Waals surface area contributed by atoms with Gasteiger partial charge in [0.25, 0.3) is 5.91 Å². The topological polar surface area (TPSA) is 123 Å². The van der Waals surface area contributed by atoms with Crippen molar-refractivity contribution in [2.75, 3.05) is 19.0 Å². The number of carbonyl (C=O) groups is 3. The second-order valence-electron chi connectivity index (χ2n) is 5.79. The summed E-state index contributed by atoms with van der Waals surface area (Å²) in [5.41, 5.74) is 6.18. The van der Waals surface area contributed by atoms with E-state index in [9.17, 15) is 14.4 Å². The molecule has 1 heterocycles. The van der Waals surface area contributed by atoms with Crippen LogP contribution in [0.3, 0.4) is 0 Å². The fourth-order valence-electron chi connectivity index (χ4n) is 2.74. The SMILES string of the molecule is COc1ccc(C(=O)Nc2nc3c(s2)CCC3C(=O)NCC(N)=O)cc1. The number of nitrogens with zero attached hydrogens (tertiary/aromatic N) is 1. The van der Waals surface area contributed by atoms with Crippen LogP contribution in [-0.2, 0) is 16.0 Å². The summed E-state index contributed by atoms with van der Waals surface area (Å²) >= 11 is 1.36. The number of aromatic nitrogens is 1. The van der Waals surface area contributed by atoms with E-state index in [-0.39, 0.29) is 18.4 Å². The number of carbonyl (C=O) groups excluding carboxylic acids is 3. The lowest BCUT2D eigenvalue weighted by Gasteiger charge is -2.09. The highest BCUT2D eigenvalue weighted by Gasteiger charge is 2.32. The molecule has 0 aliphatic heterocycles. The summed E-state index contributed by atoms with van der Waals surface area (Å²) in [6.45, 7) is -0.199. The molecular formula is C17H18N4O4S. The largest absolute Gasteiger partial charge is 0.497 e. The molecule has 1 unspecified atom stereocenters. The number of ether oxygens (including phenoxy) is 1. The number of hydrogen-bond donors (Lipinski definition) is 3. The first-order valence-electron chi connectivity index (χ1n) is 7.99. The van der Waals surface area contributed by atoms with Gasteiger partial charge < -0.3 is 15.8 Å². The molecule has 0 spiro atoms. The molecule has 0 bridgehead atoms. The maximum absolute atomic E-state index is 12.3. The third-order valence-corrected chi connectivity index (χ3v) is 5.09. The Kier molecular flexibility index (Phi) is 5.17. The summed E-state index contributed by atoms with van der Waals surface area (Å²) < 4.78 is 5.07. The zero-order valence-corrected chi connectivity index (χ0v) is 14.9. The number of nitrogens with two attached hydrogens (primary N) is 1. The van der Waals surface area contributed by atoms with Crippen LogP contribution in [0.2, 0.25) is 0 Å². The molecule has 0 fully saturated rings. The van der Waals surface area contributed by atoms with E-state index in [1.165, 1.54) is 11.3 Å². The van der Waals surface area contributed by atoms with Crippen molar-refractivity contribution in [1.82, 2.24) is 10.3 Å². The highest BCUT2D eigenvalue weighted by Crippen LogP contribution is 2.38. The van der Waals surface area contributed by atoms with Gasteiger partial charge in [-0.1, -0.05) is 0 Å². The number of methoxy groups -OCH3 is 1. The van der Waals surface area contributed by atoms with Crippen molar-refractivity contribution in [3.05, 3.63) is 40.4 Å². The Balaban J connectivity index is 1.68. The first-order chi connectivity index (χ1) is 12.5. The van der Waals surface area contributed by atoms with E-state index >= 15 is 0 Å². The molecule has 136 valence electrons. The Labute approximate surface area is 153 Å². The van der Waals surface area contributed by atoms with Crippen molar-refractivity contribution in [3.63, 3.8) is 0 Å². The molecule has 3 amide bonds. The van der Waals surface area contributed by atoms with Crippen molar-refractivity contribution in [2.45, 2.75) is 18.8 Å². The smallest absolute Gasteiger partial charge is 0.257 e. The van der Waals surface area contributed by atoms with Gasteiger partial charge in [0.1, 0.15) is 5.75 Å². The molecule has 0 saturated carbocycles. The van der Waals surface area contributed by atoms with Gasteiger partial charge in [-0.15, -0.1) is 11.3 Å². The molecule has 8 nitrogen and oxygen atoms in total. The molecule has 1 aromatic carbocycles. The van der Waals surface area contributed by atoms with Gasteiger partial charge in [-0.2, -0.15) is 0 Å². The maximum atomic E-state index is 12.3. The third-order valence-electron chi connectivity index (χ3n) is 4.04. The number of primary amides is 1. The highest BCUT2D eigenvalue weighted by atomic mass is 32.1. The van der Waals surface area contributed by atoms with Gasteiger partial charge >= 0.3 is 0 Å². The molecule has 2 aromatic rings. The number of amides is 3. The fourth-order valence-corrected chi connectivity index (χ4v) is 3.78. The van der Waals surface area contributed by atoms with Crippen LogP contribution in [0.1, 0.15) is 33.3 Å². The number of anilines is 1. The van der Waals surface area contributed by atoms with Crippen LogP contribution in [0.5, 0.6) is 5.75 Å². The van der Waals surface area contributed by atoms with Crippen LogP contribution in [0.4, 0.5) is 5.13 Å². The standard InChI is InChI=1S/C17H18N4O4S/c1-25-10-4-2-9(3-5-10)15(23)21-17-20-14-11(6-7-12(14)26-17)16(24)19-8-13(18)22/h2-5,11H,6-8H2,1H3,(H2,18,22)(H,19,24)(H,20,21,23). The highest BCUT2D eigenvalue weighted by molar-refractivity contribution is 7.16. The molecule has 1 aliphatic rings. The zero-order valence-electron chi connectivity index (χ0n) is 14.1. The van der Waals surface area contributed by atoms with E-state index in [4.69, 9.17) is 10.5 Å². The number of thiazole rings is 1. The number of aryl methyl sites for hydroxylation is 1. The number of benzene rings is 1. The molecule has 9 heteroatoms. The quantitative estimate of drug-likeness (QED) is 0.697. The molecule has 4 N–H and O–H groups in total. The average Bonchev–Trinajstić information content (AvgIpc) is 3.19. The molecule has 0 radical (unpaired) electrons. The lowest BCUT2D eigenvalue weighted by molar-refractivity contribution is -0.125. The van der Waals surface area contributed by atoms with Crippen molar-refractivity contribution < 1.29 is 19.1 Å². The summed E-state index contributed by atoms with van der Waals surface area (Å²) in [5.74, 6) is -0.912. The number of nitrogens with one attached hydrogen (secondary N) is 2. The van der Waals surface area contributed by atoms with Crippen LogP contribution in [0.15, 0.2) is 24.3 Å². The average molecular weight is 374 g/mol. The van der Waals surface area contributed by atoms with E-state index in [1.54, 1.807) is 31.4 Å². The maximum Gasteiger partial charge on any atom is 0.257 e. The summed E-state index contributed by atoms with van der Waals surface area (Å²) in [7, 11) is 1.56. The normalized spacial score (nSPS) is 15.2. The van der Waals surface area contributed by atoms with Gasteiger partial charge in [-0.3, -0.25) is 19.7 Å². The predicted octanol–water partition coefficient (Wildman–Crippen LogP) is 1.04. The Morgan fingerprint density at radius 1 is 1.31 bits per heavy atom. The summed E-state index contributed by atoms with van der Waals surface area (Å²) in [5, 5.41) is 5.71. The molecule has 1 atom stereocenters. The second-order valence-corrected chi connectivity index (χ2v) is 6.87. The van der Waals surface area contributed by atoms with E-state index in [0.717, 1.165) is 4.88 Å². The number of hydrogen-bond acceptors (Lipinski definition) is 6. The van der Waals surface area contributed by atoms with Crippen molar-refractivity contribution in [3.8, 4) is 5.75 Å².